The van der Waals surface area contributed by atoms with Crippen molar-refractivity contribution in [2.45, 2.75) is 45.7 Å². The topological polar surface area (TPSA) is 50.1 Å². The van der Waals surface area contributed by atoms with Gasteiger partial charge in [0.05, 0.1) is 17.6 Å². The molecule has 2 aromatic rings. The van der Waals surface area contributed by atoms with Crippen molar-refractivity contribution >= 4 is 11.0 Å². The maximum Gasteiger partial charge on any atom is 0.106 e. The summed E-state index contributed by atoms with van der Waals surface area (Å²) in [5, 5.41) is 13.0. The first-order valence-corrected chi connectivity index (χ1v) is 7.30. The maximum atomic E-state index is 9.66. The number of para-hydroxylation sites is 2. The number of aryl methyl sites for hydroxylation is 1. The van der Waals surface area contributed by atoms with Crippen LogP contribution < -0.4 is 5.32 Å². The Hall–Kier alpha value is -1.39. The highest BCUT2D eigenvalue weighted by Gasteiger charge is 2.26. The minimum absolute atomic E-state index is 0.136. The van der Waals surface area contributed by atoms with Gasteiger partial charge in [0.25, 0.3) is 0 Å². The Morgan fingerprint density at radius 2 is 2.10 bits per heavy atom. The molecule has 4 heteroatoms. The van der Waals surface area contributed by atoms with Crippen LogP contribution in [0, 0.1) is 6.92 Å². The van der Waals surface area contributed by atoms with Gasteiger partial charge in [0, 0.05) is 11.6 Å². The summed E-state index contributed by atoms with van der Waals surface area (Å²) in [5.74, 6) is 1.02. The molecule has 0 spiro atoms. The molecular formula is C16H25N3O. The third-order valence-corrected chi connectivity index (χ3v) is 3.91. The number of aliphatic hydroxyl groups excluding tert-OH is 1. The van der Waals surface area contributed by atoms with E-state index in [-0.39, 0.29) is 18.2 Å². The number of aromatic nitrogens is 2. The number of likely N-dealkylation sites (N-methyl/N-ethyl adjacent to an activating group) is 1. The molecule has 0 amide bonds. The molecule has 2 unspecified atom stereocenters. The fraction of sp³-hybridized carbons (Fsp3) is 0.562. The van der Waals surface area contributed by atoms with Crippen molar-refractivity contribution in [2.24, 2.45) is 0 Å². The molecular weight excluding hydrogens is 250 g/mol. The van der Waals surface area contributed by atoms with E-state index in [4.69, 9.17) is 0 Å². The number of hydrogen-bond acceptors (Lipinski definition) is 3. The Bertz CT molecular complexity index is 578. The first-order chi connectivity index (χ1) is 9.50. The molecule has 20 heavy (non-hydrogen) atoms. The van der Waals surface area contributed by atoms with Gasteiger partial charge in [-0.3, -0.25) is 0 Å². The van der Waals surface area contributed by atoms with Crippen molar-refractivity contribution in [3.05, 3.63) is 30.1 Å². The van der Waals surface area contributed by atoms with Crippen LogP contribution in [0.1, 0.15) is 39.1 Å². The van der Waals surface area contributed by atoms with Crippen LogP contribution in [0.5, 0.6) is 0 Å². The van der Waals surface area contributed by atoms with Crippen LogP contribution in [0.4, 0.5) is 0 Å². The minimum atomic E-state index is -0.258. The Labute approximate surface area is 120 Å². The average Bonchev–Trinajstić information content (AvgIpc) is 2.74. The zero-order valence-electron chi connectivity index (χ0n) is 12.8. The van der Waals surface area contributed by atoms with Crippen molar-refractivity contribution < 1.29 is 5.11 Å². The van der Waals surface area contributed by atoms with Gasteiger partial charge in [-0.05, 0) is 45.9 Å². The van der Waals surface area contributed by atoms with Crippen LogP contribution in [-0.4, -0.2) is 33.3 Å². The third-order valence-electron chi connectivity index (χ3n) is 3.91. The lowest BCUT2D eigenvalue weighted by Gasteiger charge is -2.32. The highest BCUT2D eigenvalue weighted by Crippen LogP contribution is 2.26. The minimum Gasteiger partial charge on any atom is -0.394 e. The van der Waals surface area contributed by atoms with Crippen LogP contribution in [0.3, 0.4) is 0 Å². The van der Waals surface area contributed by atoms with Crippen LogP contribution in [0.15, 0.2) is 24.3 Å². The van der Waals surface area contributed by atoms with E-state index in [0.717, 1.165) is 29.8 Å². The smallest absolute Gasteiger partial charge is 0.106 e. The molecule has 110 valence electrons. The van der Waals surface area contributed by atoms with Crippen molar-refractivity contribution in [3.63, 3.8) is 0 Å². The van der Waals surface area contributed by atoms with E-state index in [1.807, 2.05) is 25.1 Å². The van der Waals surface area contributed by atoms with E-state index in [9.17, 15) is 5.11 Å². The predicted molar refractivity (Wildman–Crippen MR) is 83.0 cm³/mol. The Morgan fingerprint density at radius 3 is 2.75 bits per heavy atom. The van der Waals surface area contributed by atoms with E-state index in [1.54, 1.807) is 0 Å². The molecule has 1 heterocycles. The lowest BCUT2D eigenvalue weighted by atomic mass is 9.94. The Morgan fingerprint density at radius 1 is 1.40 bits per heavy atom. The van der Waals surface area contributed by atoms with Crippen LogP contribution in [-0.2, 0) is 0 Å². The number of rotatable bonds is 6. The van der Waals surface area contributed by atoms with Crippen LogP contribution >= 0.6 is 0 Å². The number of aliphatic hydroxyl groups is 1. The molecule has 0 aliphatic rings. The standard InChI is InChI=1S/C16H25N3O/c1-5-17-16(4,11-20)10-12(2)19-13(3)18-14-8-6-7-9-15(14)19/h6-9,12,17,20H,5,10-11H2,1-4H3. The second kappa shape index (κ2) is 5.94. The lowest BCUT2D eigenvalue weighted by Crippen LogP contribution is -2.47. The molecule has 4 nitrogen and oxygen atoms in total. The number of nitrogens with one attached hydrogen (secondary N) is 1. The third kappa shape index (κ3) is 2.86. The molecule has 0 bridgehead atoms. The molecule has 0 radical (unpaired) electrons. The van der Waals surface area contributed by atoms with E-state index >= 15 is 0 Å². The molecule has 0 fully saturated rings. The molecule has 1 aromatic carbocycles. The molecule has 2 atom stereocenters. The lowest BCUT2D eigenvalue weighted by molar-refractivity contribution is 0.153. The predicted octanol–water partition coefficient (Wildman–Crippen LogP) is 2.66. The SMILES string of the molecule is CCNC(C)(CO)CC(C)n1c(C)nc2ccccc21. The van der Waals surface area contributed by atoms with Gasteiger partial charge in [0.1, 0.15) is 5.82 Å². The van der Waals surface area contributed by atoms with Gasteiger partial charge >= 0.3 is 0 Å². The number of nitrogens with zero attached hydrogens (tertiary/aromatic N) is 2. The van der Waals surface area contributed by atoms with Gasteiger partial charge in [-0.2, -0.15) is 0 Å². The normalized spacial score (nSPS) is 16.2. The maximum absolute atomic E-state index is 9.66. The van der Waals surface area contributed by atoms with Crippen molar-refractivity contribution in [3.8, 4) is 0 Å². The van der Waals surface area contributed by atoms with E-state index in [0.29, 0.717) is 0 Å². The molecule has 0 saturated carbocycles. The van der Waals surface area contributed by atoms with Crippen LogP contribution in [0.2, 0.25) is 0 Å². The summed E-state index contributed by atoms with van der Waals surface area (Å²) in [6.45, 7) is 9.36. The zero-order chi connectivity index (χ0) is 14.8. The van der Waals surface area contributed by atoms with E-state index in [2.05, 4.69) is 41.7 Å². The van der Waals surface area contributed by atoms with Gasteiger partial charge in [0.15, 0.2) is 0 Å². The Balaban J connectivity index is 2.31. The summed E-state index contributed by atoms with van der Waals surface area (Å²) in [7, 11) is 0. The number of benzene rings is 1. The summed E-state index contributed by atoms with van der Waals surface area (Å²) in [6.07, 6.45) is 0.860. The second-order valence-corrected chi connectivity index (χ2v) is 5.82. The van der Waals surface area contributed by atoms with Gasteiger partial charge in [0.2, 0.25) is 0 Å². The number of hydrogen-bond donors (Lipinski definition) is 2. The van der Waals surface area contributed by atoms with Crippen molar-refractivity contribution in [2.75, 3.05) is 13.2 Å². The van der Waals surface area contributed by atoms with Crippen molar-refractivity contribution in [1.29, 1.82) is 0 Å². The summed E-state index contributed by atoms with van der Waals surface area (Å²) < 4.78 is 2.26. The van der Waals surface area contributed by atoms with Crippen molar-refractivity contribution in [1.82, 2.24) is 14.9 Å². The highest BCUT2D eigenvalue weighted by molar-refractivity contribution is 5.76. The fourth-order valence-electron chi connectivity index (χ4n) is 3.08. The molecule has 2 rings (SSSR count). The first-order valence-electron chi connectivity index (χ1n) is 7.30. The summed E-state index contributed by atoms with van der Waals surface area (Å²) in [5.41, 5.74) is 1.94. The largest absolute Gasteiger partial charge is 0.394 e. The summed E-state index contributed by atoms with van der Waals surface area (Å²) >= 11 is 0. The number of imidazole rings is 1. The monoisotopic (exact) mass is 275 g/mol. The van der Waals surface area contributed by atoms with Gasteiger partial charge < -0.3 is 15.0 Å². The summed E-state index contributed by atoms with van der Waals surface area (Å²) in [6, 6.07) is 8.48. The van der Waals surface area contributed by atoms with Gasteiger partial charge in [-0.15, -0.1) is 0 Å². The molecule has 0 aliphatic carbocycles. The quantitative estimate of drug-likeness (QED) is 0.852. The molecule has 0 saturated heterocycles. The zero-order valence-corrected chi connectivity index (χ0v) is 12.8. The summed E-state index contributed by atoms with van der Waals surface area (Å²) in [4.78, 5) is 4.62. The second-order valence-electron chi connectivity index (χ2n) is 5.82. The first kappa shape index (κ1) is 15.0. The fourth-order valence-corrected chi connectivity index (χ4v) is 3.08. The van der Waals surface area contributed by atoms with E-state index in [1.165, 1.54) is 0 Å². The molecule has 0 aliphatic heterocycles. The average molecular weight is 275 g/mol. The van der Waals surface area contributed by atoms with Gasteiger partial charge in [-0.25, -0.2) is 4.98 Å². The van der Waals surface area contributed by atoms with Gasteiger partial charge in [-0.1, -0.05) is 19.1 Å². The molecule has 2 N–H and O–H groups in total. The Kier molecular flexibility index (Phi) is 4.45. The molecule has 1 aromatic heterocycles. The number of fused-ring (bicyclic) bond motifs is 1. The van der Waals surface area contributed by atoms with E-state index < -0.39 is 0 Å². The van der Waals surface area contributed by atoms with Crippen LogP contribution in [0.25, 0.3) is 11.0 Å². The highest BCUT2D eigenvalue weighted by atomic mass is 16.3.